The Kier molecular flexibility index (Phi) is 4.48. The number of aryl methyl sites for hydroxylation is 3. The van der Waals surface area contributed by atoms with Crippen LogP contribution in [0.25, 0.3) is 0 Å². The molecule has 0 unspecified atom stereocenters. The number of nitrogens with zero attached hydrogens (tertiary/aromatic N) is 4. The Morgan fingerprint density at radius 1 is 1.04 bits per heavy atom. The number of nitrogens with one attached hydrogen (secondary N) is 2. The molecule has 0 spiro atoms. The molecular weight excluding hydrogens is 324 g/mol. The molecule has 0 radical (unpaired) electrons. The maximum Gasteiger partial charge on any atom is 0.257 e. The fourth-order valence-corrected chi connectivity index (χ4v) is 2.75. The van der Waals surface area contributed by atoms with Crippen molar-refractivity contribution < 1.29 is 4.79 Å². The molecule has 0 atom stereocenters. The first-order chi connectivity index (χ1) is 11.5. The molecule has 3 rings (SSSR count). The lowest BCUT2D eigenvalue weighted by atomic mass is 10.2. The number of rotatable bonds is 4. The molecule has 2 N–H and O–H groups in total. The van der Waals surface area contributed by atoms with Crippen LogP contribution in [-0.4, -0.2) is 26.1 Å². The Hall–Kier alpha value is -2.87. The first-order valence-corrected chi connectivity index (χ1v) is 8.12. The largest absolute Gasteiger partial charge is 0.324 e. The van der Waals surface area contributed by atoms with Crippen molar-refractivity contribution in [3.8, 4) is 0 Å². The molecule has 0 bridgehead atoms. The Morgan fingerprint density at radius 3 is 2.46 bits per heavy atom. The summed E-state index contributed by atoms with van der Waals surface area (Å²) in [5.74, 6) is 0.265. The number of carbonyl (C=O) groups is 1. The average Bonchev–Trinajstić information content (AvgIpc) is 2.91. The number of hydrogen-bond donors (Lipinski definition) is 2. The van der Waals surface area contributed by atoms with Gasteiger partial charge in [-0.3, -0.25) is 10.1 Å². The lowest BCUT2D eigenvalue weighted by molar-refractivity contribution is 0.102. The summed E-state index contributed by atoms with van der Waals surface area (Å²) < 4.78 is 0. The molecule has 24 heavy (non-hydrogen) atoms. The fraction of sp³-hybridized carbons (Fsp3) is 0.188. The highest BCUT2D eigenvalue weighted by molar-refractivity contribution is 7.15. The van der Waals surface area contributed by atoms with Gasteiger partial charge in [-0.05, 0) is 45.0 Å². The highest BCUT2D eigenvalue weighted by Crippen LogP contribution is 2.18. The molecule has 7 nitrogen and oxygen atoms in total. The summed E-state index contributed by atoms with van der Waals surface area (Å²) in [4.78, 5) is 21.0. The van der Waals surface area contributed by atoms with Crippen LogP contribution in [0.2, 0.25) is 0 Å². The van der Waals surface area contributed by atoms with Crippen molar-refractivity contribution in [2.45, 2.75) is 20.8 Å². The van der Waals surface area contributed by atoms with Gasteiger partial charge >= 0.3 is 0 Å². The minimum atomic E-state index is -0.240. The molecule has 0 saturated carbocycles. The second kappa shape index (κ2) is 6.71. The SMILES string of the molecule is Cc1cc(C)nc(Nc2cccc(C(=O)Nc3nnc(C)s3)c2)n1. The minimum Gasteiger partial charge on any atom is -0.324 e. The number of amides is 1. The van der Waals surface area contributed by atoms with Crippen LogP contribution in [-0.2, 0) is 0 Å². The van der Waals surface area contributed by atoms with Crippen LogP contribution in [0, 0.1) is 20.8 Å². The molecule has 122 valence electrons. The summed E-state index contributed by atoms with van der Waals surface area (Å²) in [5, 5.41) is 14.9. The highest BCUT2D eigenvalue weighted by Gasteiger charge is 2.10. The van der Waals surface area contributed by atoms with E-state index >= 15 is 0 Å². The second-order valence-electron chi connectivity index (χ2n) is 5.26. The number of anilines is 3. The second-order valence-corrected chi connectivity index (χ2v) is 6.44. The zero-order valence-corrected chi connectivity index (χ0v) is 14.3. The van der Waals surface area contributed by atoms with Gasteiger partial charge in [0.1, 0.15) is 5.01 Å². The highest BCUT2D eigenvalue weighted by atomic mass is 32.1. The van der Waals surface area contributed by atoms with Gasteiger partial charge in [-0.2, -0.15) is 0 Å². The van der Waals surface area contributed by atoms with Gasteiger partial charge in [0, 0.05) is 22.6 Å². The van der Waals surface area contributed by atoms with E-state index in [4.69, 9.17) is 0 Å². The van der Waals surface area contributed by atoms with Gasteiger partial charge in [0.25, 0.3) is 5.91 Å². The minimum absolute atomic E-state index is 0.240. The summed E-state index contributed by atoms with van der Waals surface area (Å²) in [7, 11) is 0. The van der Waals surface area contributed by atoms with Crippen molar-refractivity contribution in [2.24, 2.45) is 0 Å². The van der Waals surface area contributed by atoms with Crippen LogP contribution in [0.1, 0.15) is 26.8 Å². The molecule has 8 heteroatoms. The van der Waals surface area contributed by atoms with E-state index in [0.717, 1.165) is 22.1 Å². The quantitative estimate of drug-likeness (QED) is 0.757. The van der Waals surface area contributed by atoms with Gasteiger partial charge in [0.2, 0.25) is 11.1 Å². The van der Waals surface area contributed by atoms with Crippen molar-refractivity contribution >= 4 is 34.0 Å². The molecule has 0 aliphatic carbocycles. The molecule has 1 aromatic carbocycles. The summed E-state index contributed by atoms with van der Waals surface area (Å²) in [6, 6.07) is 9.03. The van der Waals surface area contributed by atoms with Gasteiger partial charge in [-0.25, -0.2) is 9.97 Å². The van der Waals surface area contributed by atoms with Crippen LogP contribution >= 0.6 is 11.3 Å². The van der Waals surface area contributed by atoms with Crippen LogP contribution in [0.3, 0.4) is 0 Å². The predicted octanol–water partition coefficient (Wildman–Crippen LogP) is 3.25. The average molecular weight is 340 g/mol. The third-order valence-corrected chi connectivity index (χ3v) is 3.86. The Bertz CT molecular complexity index is 872. The van der Waals surface area contributed by atoms with Gasteiger partial charge in [0.05, 0.1) is 0 Å². The van der Waals surface area contributed by atoms with Crippen LogP contribution in [0.5, 0.6) is 0 Å². The molecule has 0 fully saturated rings. The van der Waals surface area contributed by atoms with Gasteiger partial charge in [-0.15, -0.1) is 10.2 Å². The van der Waals surface area contributed by atoms with Crippen molar-refractivity contribution in [3.63, 3.8) is 0 Å². The summed E-state index contributed by atoms with van der Waals surface area (Å²) >= 11 is 1.33. The van der Waals surface area contributed by atoms with Crippen molar-refractivity contribution in [1.82, 2.24) is 20.2 Å². The normalized spacial score (nSPS) is 10.5. The fourth-order valence-electron chi connectivity index (χ4n) is 2.17. The van der Waals surface area contributed by atoms with Crippen LogP contribution in [0.15, 0.2) is 30.3 Å². The van der Waals surface area contributed by atoms with E-state index in [9.17, 15) is 4.79 Å². The molecule has 0 aliphatic heterocycles. The number of benzene rings is 1. The molecule has 0 saturated heterocycles. The van der Waals surface area contributed by atoms with E-state index in [1.54, 1.807) is 18.2 Å². The zero-order chi connectivity index (χ0) is 17.1. The Morgan fingerprint density at radius 2 is 1.79 bits per heavy atom. The third-order valence-electron chi connectivity index (χ3n) is 3.11. The Balaban J connectivity index is 1.77. The van der Waals surface area contributed by atoms with Crippen LogP contribution in [0.4, 0.5) is 16.8 Å². The number of hydrogen-bond acceptors (Lipinski definition) is 7. The van der Waals surface area contributed by atoms with Crippen LogP contribution < -0.4 is 10.6 Å². The molecule has 2 heterocycles. The monoisotopic (exact) mass is 340 g/mol. The van der Waals surface area contributed by atoms with Gasteiger partial charge in [-0.1, -0.05) is 17.4 Å². The molecule has 2 aromatic heterocycles. The standard InChI is InChI=1S/C16H16N6OS/c1-9-7-10(2)18-15(17-9)19-13-6-4-5-12(8-13)14(23)20-16-22-21-11(3)24-16/h4-8H,1-3H3,(H,17,18,19)(H,20,22,23). The first kappa shape index (κ1) is 16.0. The summed E-state index contributed by atoms with van der Waals surface area (Å²) in [6.45, 7) is 5.66. The molecule has 3 aromatic rings. The Labute approximate surface area is 143 Å². The van der Waals surface area contributed by atoms with E-state index in [2.05, 4.69) is 30.8 Å². The zero-order valence-electron chi connectivity index (χ0n) is 13.5. The smallest absolute Gasteiger partial charge is 0.257 e. The maximum atomic E-state index is 12.3. The lowest BCUT2D eigenvalue weighted by Gasteiger charge is -2.08. The number of aromatic nitrogens is 4. The number of carbonyl (C=O) groups excluding carboxylic acids is 1. The topological polar surface area (TPSA) is 92.7 Å². The summed E-state index contributed by atoms with van der Waals surface area (Å²) in [6.07, 6.45) is 0. The van der Waals surface area contributed by atoms with Crippen molar-refractivity contribution in [1.29, 1.82) is 0 Å². The van der Waals surface area contributed by atoms with E-state index in [0.29, 0.717) is 16.6 Å². The molecule has 1 amide bonds. The molecule has 0 aliphatic rings. The third kappa shape index (κ3) is 3.90. The van der Waals surface area contributed by atoms with Crippen molar-refractivity contribution in [3.05, 3.63) is 52.3 Å². The van der Waals surface area contributed by atoms with Gasteiger partial charge < -0.3 is 5.32 Å². The van der Waals surface area contributed by atoms with E-state index in [1.807, 2.05) is 32.9 Å². The van der Waals surface area contributed by atoms with E-state index < -0.39 is 0 Å². The molecular formula is C16H16N6OS. The van der Waals surface area contributed by atoms with E-state index in [-0.39, 0.29) is 5.91 Å². The van der Waals surface area contributed by atoms with E-state index in [1.165, 1.54) is 11.3 Å². The maximum absolute atomic E-state index is 12.3. The summed E-state index contributed by atoms with van der Waals surface area (Å²) in [5.41, 5.74) is 3.01. The van der Waals surface area contributed by atoms with Crippen molar-refractivity contribution in [2.75, 3.05) is 10.6 Å². The lowest BCUT2D eigenvalue weighted by Crippen LogP contribution is -2.12. The van der Waals surface area contributed by atoms with Gasteiger partial charge in [0.15, 0.2) is 0 Å². The predicted molar refractivity (Wildman–Crippen MR) is 93.8 cm³/mol. The first-order valence-electron chi connectivity index (χ1n) is 7.30.